The molecule has 0 unspecified atom stereocenters. The number of anilines is 1. The summed E-state index contributed by atoms with van der Waals surface area (Å²) >= 11 is 0. The standard InChI is InChI=1S/C13H14N2O3S/c1-19(17,18)12-5-3-2-4-11(12)15-13(16)8-10(14-15)9-6-7-9/h2-5,9H,6-8H2,1H3. The number of nitrogens with zero attached hydrogens (tertiary/aromatic N) is 2. The molecule has 1 saturated carbocycles. The zero-order valence-corrected chi connectivity index (χ0v) is 11.4. The molecule has 19 heavy (non-hydrogen) atoms. The topological polar surface area (TPSA) is 66.8 Å². The van der Waals surface area contributed by atoms with Crippen LogP contribution >= 0.6 is 0 Å². The molecule has 1 aliphatic heterocycles. The number of rotatable bonds is 3. The Morgan fingerprint density at radius 3 is 2.58 bits per heavy atom. The fourth-order valence-corrected chi connectivity index (χ4v) is 3.09. The summed E-state index contributed by atoms with van der Waals surface area (Å²) in [5.41, 5.74) is 1.24. The Bertz CT molecular complexity index is 675. The van der Waals surface area contributed by atoms with Crippen molar-refractivity contribution in [3.05, 3.63) is 24.3 Å². The average Bonchev–Trinajstić information content (AvgIpc) is 3.12. The minimum absolute atomic E-state index is 0.143. The number of hydrazone groups is 1. The molecular formula is C13H14N2O3S. The van der Waals surface area contributed by atoms with Gasteiger partial charge in [0.2, 0.25) is 0 Å². The summed E-state index contributed by atoms with van der Waals surface area (Å²) in [6.07, 6.45) is 3.60. The molecule has 0 saturated heterocycles. The summed E-state index contributed by atoms with van der Waals surface area (Å²) in [6.45, 7) is 0. The van der Waals surface area contributed by atoms with Crippen LogP contribution < -0.4 is 5.01 Å². The van der Waals surface area contributed by atoms with Crippen LogP contribution in [0.5, 0.6) is 0 Å². The van der Waals surface area contributed by atoms with E-state index in [0.717, 1.165) is 24.8 Å². The lowest BCUT2D eigenvalue weighted by atomic mass is 10.2. The number of sulfone groups is 1. The highest BCUT2D eigenvalue weighted by atomic mass is 32.2. The summed E-state index contributed by atoms with van der Waals surface area (Å²) in [5.74, 6) is 0.261. The van der Waals surface area contributed by atoms with Crippen LogP contribution in [0.2, 0.25) is 0 Å². The van der Waals surface area contributed by atoms with E-state index < -0.39 is 9.84 Å². The van der Waals surface area contributed by atoms with Gasteiger partial charge in [0.25, 0.3) is 5.91 Å². The van der Waals surface area contributed by atoms with Gasteiger partial charge in [-0.15, -0.1) is 0 Å². The van der Waals surface area contributed by atoms with E-state index in [1.165, 1.54) is 11.1 Å². The van der Waals surface area contributed by atoms with Gasteiger partial charge in [-0.25, -0.2) is 8.42 Å². The first-order valence-corrected chi connectivity index (χ1v) is 8.05. The highest BCUT2D eigenvalue weighted by Gasteiger charge is 2.36. The Balaban J connectivity index is 2.05. The van der Waals surface area contributed by atoms with E-state index in [1.807, 2.05) is 0 Å². The third-order valence-electron chi connectivity index (χ3n) is 3.34. The van der Waals surface area contributed by atoms with Gasteiger partial charge in [-0.2, -0.15) is 10.1 Å². The Hall–Kier alpha value is -1.69. The fourth-order valence-electron chi connectivity index (χ4n) is 2.23. The van der Waals surface area contributed by atoms with Gasteiger partial charge < -0.3 is 0 Å². The minimum atomic E-state index is -3.38. The monoisotopic (exact) mass is 278 g/mol. The van der Waals surface area contributed by atoms with Gasteiger partial charge in [-0.05, 0) is 30.9 Å². The average molecular weight is 278 g/mol. The molecular weight excluding hydrogens is 264 g/mol. The summed E-state index contributed by atoms with van der Waals surface area (Å²) in [5, 5.41) is 5.55. The molecule has 0 N–H and O–H groups in total. The van der Waals surface area contributed by atoms with Gasteiger partial charge in [0, 0.05) is 6.26 Å². The van der Waals surface area contributed by atoms with Crippen LogP contribution in [-0.4, -0.2) is 26.3 Å². The molecule has 1 amide bonds. The first-order chi connectivity index (χ1) is 8.97. The molecule has 1 aromatic rings. The van der Waals surface area contributed by atoms with Crippen molar-refractivity contribution in [2.75, 3.05) is 11.3 Å². The Kier molecular flexibility index (Phi) is 2.70. The zero-order valence-electron chi connectivity index (χ0n) is 10.5. The minimum Gasteiger partial charge on any atom is -0.272 e. The van der Waals surface area contributed by atoms with E-state index >= 15 is 0 Å². The number of para-hydroxylation sites is 1. The van der Waals surface area contributed by atoms with Crippen molar-refractivity contribution >= 4 is 27.1 Å². The molecule has 0 bridgehead atoms. The van der Waals surface area contributed by atoms with Gasteiger partial charge >= 0.3 is 0 Å². The second-order valence-corrected chi connectivity index (χ2v) is 6.97. The molecule has 1 fully saturated rings. The molecule has 1 aromatic carbocycles. The highest BCUT2D eigenvalue weighted by molar-refractivity contribution is 7.90. The summed E-state index contributed by atoms with van der Waals surface area (Å²) in [7, 11) is -3.38. The van der Waals surface area contributed by atoms with Crippen LogP contribution in [0.1, 0.15) is 19.3 Å². The van der Waals surface area contributed by atoms with Crippen LogP contribution in [0.3, 0.4) is 0 Å². The quantitative estimate of drug-likeness (QED) is 0.843. The summed E-state index contributed by atoms with van der Waals surface area (Å²) in [4.78, 5) is 12.2. The molecule has 3 rings (SSSR count). The van der Waals surface area contributed by atoms with E-state index in [1.54, 1.807) is 18.2 Å². The predicted molar refractivity (Wildman–Crippen MR) is 71.8 cm³/mol. The summed E-state index contributed by atoms with van der Waals surface area (Å²) < 4.78 is 23.5. The maximum atomic E-state index is 12.0. The van der Waals surface area contributed by atoms with Crippen molar-refractivity contribution < 1.29 is 13.2 Å². The van der Waals surface area contributed by atoms with Gasteiger partial charge in [0.05, 0.1) is 22.7 Å². The van der Waals surface area contributed by atoms with E-state index in [4.69, 9.17) is 0 Å². The number of carbonyl (C=O) groups is 1. The molecule has 5 nitrogen and oxygen atoms in total. The van der Waals surface area contributed by atoms with Crippen molar-refractivity contribution in [1.82, 2.24) is 0 Å². The summed E-state index contributed by atoms with van der Waals surface area (Å²) in [6, 6.07) is 6.48. The van der Waals surface area contributed by atoms with Crippen molar-refractivity contribution in [3.8, 4) is 0 Å². The first-order valence-electron chi connectivity index (χ1n) is 6.16. The van der Waals surface area contributed by atoms with Crippen molar-refractivity contribution in [2.45, 2.75) is 24.2 Å². The molecule has 100 valence electrons. The Morgan fingerprint density at radius 2 is 1.95 bits per heavy atom. The molecule has 0 aromatic heterocycles. The maximum absolute atomic E-state index is 12.0. The largest absolute Gasteiger partial charge is 0.272 e. The molecule has 1 aliphatic carbocycles. The first kappa shape index (κ1) is 12.3. The second-order valence-electron chi connectivity index (χ2n) is 4.99. The van der Waals surface area contributed by atoms with Crippen LogP contribution in [-0.2, 0) is 14.6 Å². The van der Waals surface area contributed by atoms with Gasteiger partial charge in [-0.3, -0.25) is 4.79 Å². The lowest BCUT2D eigenvalue weighted by Gasteiger charge is -2.15. The molecule has 0 spiro atoms. The number of hydrogen-bond donors (Lipinski definition) is 0. The number of benzene rings is 1. The van der Waals surface area contributed by atoms with Crippen molar-refractivity contribution in [1.29, 1.82) is 0 Å². The molecule has 0 radical (unpaired) electrons. The number of hydrogen-bond acceptors (Lipinski definition) is 4. The van der Waals surface area contributed by atoms with Crippen molar-refractivity contribution in [3.63, 3.8) is 0 Å². The third kappa shape index (κ3) is 2.28. The smallest absolute Gasteiger partial charge is 0.253 e. The van der Waals surface area contributed by atoms with E-state index in [9.17, 15) is 13.2 Å². The number of carbonyl (C=O) groups excluding carboxylic acids is 1. The van der Waals surface area contributed by atoms with Gasteiger partial charge in [-0.1, -0.05) is 12.1 Å². The Labute approximate surface area is 111 Å². The van der Waals surface area contributed by atoms with Crippen LogP contribution in [0.15, 0.2) is 34.3 Å². The lowest BCUT2D eigenvalue weighted by molar-refractivity contribution is -0.116. The SMILES string of the molecule is CS(=O)(=O)c1ccccc1N1N=C(C2CC2)CC1=O. The number of amides is 1. The maximum Gasteiger partial charge on any atom is 0.253 e. The van der Waals surface area contributed by atoms with Crippen LogP contribution in [0, 0.1) is 5.92 Å². The normalized spacial score (nSPS) is 19.7. The van der Waals surface area contributed by atoms with E-state index in [2.05, 4.69) is 5.10 Å². The fraction of sp³-hybridized carbons (Fsp3) is 0.385. The molecule has 2 aliphatic rings. The Morgan fingerprint density at radius 1 is 1.26 bits per heavy atom. The van der Waals surface area contributed by atoms with E-state index in [0.29, 0.717) is 18.0 Å². The van der Waals surface area contributed by atoms with Crippen molar-refractivity contribution in [2.24, 2.45) is 11.0 Å². The third-order valence-corrected chi connectivity index (χ3v) is 4.48. The van der Waals surface area contributed by atoms with Gasteiger partial charge in [0.1, 0.15) is 0 Å². The van der Waals surface area contributed by atoms with Crippen LogP contribution in [0.4, 0.5) is 5.69 Å². The molecule has 1 heterocycles. The highest BCUT2D eigenvalue weighted by Crippen LogP contribution is 2.36. The van der Waals surface area contributed by atoms with E-state index in [-0.39, 0.29) is 10.8 Å². The predicted octanol–water partition coefficient (Wildman–Crippen LogP) is 1.59. The lowest BCUT2D eigenvalue weighted by Crippen LogP contribution is -2.21. The van der Waals surface area contributed by atoms with Crippen LogP contribution in [0.25, 0.3) is 0 Å². The van der Waals surface area contributed by atoms with Gasteiger partial charge in [0.15, 0.2) is 9.84 Å². The molecule has 6 heteroatoms. The second kappa shape index (κ2) is 4.16. The molecule has 0 atom stereocenters. The zero-order chi connectivity index (χ0) is 13.6.